The predicted molar refractivity (Wildman–Crippen MR) is 112 cm³/mol. The first-order valence-electron chi connectivity index (χ1n) is 9.54. The lowest BCUT2D eigenvalue weighted by molar-refractivity contribution is 0.479. The Balaban J connectivity index is 1.48. The number of ether oxygens (including phenoxy) is 1. The van der Waals surface area contributed by atoms with Crippen molar-refractivity contribution in [3.8, 4) is 23.1 Å². The molecule has 0 aliphatic rings. The van der Waals surface area contributed by atoms with Gasteiger partial charge in [0.15, 0.2) is 0 Å². The van der Waals surface area contributed by atoms with E-state index in [4.69, 9.17) is 9.15 Å². The van der Waals surface area contributed by atoms with Crippen LogP contribution in [0.5, 0.6) is 11.5 Å². The van der Waals surface area contributed by atoms with Gasteiger partial charge in [-0.3, -0.25) is 0 Å². The highest BCUT2D eigenvalue weighted by atomic mass is 16.5. The lowest BCUT2D eigenvalue weighted by Crippen LogP contribution is -2.18. The molecule has 0 atom stereocenters. The average Bonchev–Trinajstić information content (AvgIpc) is 3.16. The fourth-order valence-electron chi connectivity index (χ4n) is 3.18. The van der Waals surface area contributed by atoms with Gasteiger partial charge in [-0.25, -0.2) is 4.98 Å². The van der Waals surface area contributed by atoms with Crippen LogP contribution >= 0.6 is 0 Å². The number of hydrogen-bond donors (Lipinski definition) is 0. The molecule has 0 unspecified atom stereocenters. The maximum absolute atomic E-state index is 5.93. The van der Waals surface area contributed by atoms with Gasteiger partial charge in [0, 0.05) is 12.3 Å². The van der Waals surface area contributed by atoms with Crippen molar-refractivity contribution in [2.45, 2.75) is 33.1 Å². The number of benzene rings is 2. The number of rotatable bonds is 5. The van der Waals surface area contributed by atoms with Crippen LogP contribution in [0.15, 0.2) is 71.3 Å². The number of nitrogens with zero attached hydrogens (tertiary/aromatic N) is 3. The zero-order chi connectivity index (χ0) is 20.4. The second-order valence-corrected chi connectivity index (χ2v) is 7.62. The highest BCUT2D eigenvalue weighted by Crippen LogP contribution is 2.33. The van der Waals surface area contributed by atoms with Gasteiger partial charge in [-0.2, -0.15) is 0 Å². The van der Waals surface area contributed by atoms with E-state index in [0.717, 1.165) is 5.75 Å². The van der Waals surface area contributed by atoms with Crippen LogP contribution in [-0.4, -0.2) is 15.2 Å². The third-order valence-electron chi connectivity index (χ3n) is 5.07. The maximum Gasteiger partial charge on any atom is 0.266 e. The smallest absolute Gasteiger partial charge is 0.266 e. The molecule has 2 aromatic heterocycles. The molecular formula is C24H23N3O2. The number of pyridine rings is 1. The highest BCUT2D eigenvalue weighted by molar-refractivity contribution is 5.48. The van der Waals surface area contributed by atoms with E-state index in [1.807, 2.05) is 18.2 Å². The largest absolute Gasteiger partial charge is 0.456 e. The number of aromatic nitrogens is 3. The Hall–Kier alpha value is -3.47. The van der Waals surface area contributed by atoms with E-state index in [9.17, 15) is 0 Å². The van der Waals surface area contributed by atoms with Gasteiger partial charge in [0.2, 0.25) is 5.89 Å². The molecule has 29 heavy (non-hydrogen) atoms. The fourth-order valence-corrected chi connectivity index (χ4v) is 3.18. The molecule has 0 saturated heterocycles. The minimum atomic E-state index is -0.0857. The van der Waals surface area contributed by atoms with Crippen LogP contribution in [0.4, 0.5) is 0 Å². The molecule has 0 radical (unpaired) electrons. The summed E-state index contributed by atoms with van der Waals surface area (Å²) in [4.78, 5) is 4.34. The van der Waals surface area contributed by atoms with Gasteiger partial charge in [-0.15, -0.1) is 10.2 Å². The minimum Gasteiger partial charge on any atom is -0.456 e. The topological polar surface area (TPSA) is 61.0 Å². The van der Waals surface area contributed by atoms with Crippen LogP contribution in [-0.2, 0) is 5.41 Å². The van der Waals surface area contributed by atoms with Gasteiger partial charge in [-0.05, 0) is 42.3 Å². The maximum atomic E-state index is 5.93. The van der Waals surface area contributed by atoms with Crippen molar-refractivity contribution >= 4 is 0 Å². The Bertz CT molecular complexity index is 1100. The molecule has 0 amide bonds. The van der Waals surface area contributed by atoms with Crippen molar-refractivity contribution in [1.29, 1.82) is 0 Å². The van der Waals surface area contributed by atoms with Gasteiger partial charge in [-0.1, -0.05) is 55.8 Å². The molecule has 146 valence electrons. The first-order chi connectivity index (χ1) is 13.9. The Kier molecular flexibility index (Phi) is 4.89. The van der Waals surface area contributed by atoms with Crippen molar-refractivity contribution in [2.24, 2.45) is 0 Å². The van der Waals surface area contributed by atoms with E-state index in [1.165, 1.54) is 16.7 Å². The summed E-state index contributed by atoms with van der Waals surface area (Å²) in [5.41, 5.74) is 4.31. The fraction of sp³-hybridized carbons (Fsp3) is 0.208. The average molecular weight is 385 g/mol. The summed E-state index contributed by atoms with van der Waals surface area (Å²) < 4.78 is 11.3. The van der Waals surface area contributed by atoms with Crippen LogP contribution in [0.25, 0.3) is 11.6 Å². The minimum absolute atomic E-state index is 0.0857. The first kappa shape index (κ1) is 18.9. The molecule has 5 heteroatoms. The molecular weight excluding hydrogens is 362 g/mol. The van der Waals surface area contributed by atoms with Gasteiger partial charge in [0.05, 0.1) is 6.20 Å². The lowest BCUT2D eigenvalue weighted by atomic mass is 9.78. The Morgan fingerprint density at radius 3 is 1.93 bits per heavy atom. The van der Waals surface area contributed by atoms with E-state index in [0.29, 0.717) is 23.2 Å². The van der Waals surface area contributed by atoms with Crippen molar-refractivity contribution in [3.05, 3.63) is 89.4 Å². The summed E-state index contributed by atoms with van der Waals surface area (Å²) in [6, 6.07) is 20.5. The molecule has 4 aromatic rings. The molecule has 5 nitrogen and oxygen atoms in total. The van der Waals surface area contributed by atoms with E-state index < -0.39 is 0 Å². The standard InChI is InChI=1S/C24H23N3O2/c1-16-5-7-18(8-6-16)24(3,4)19-9-11-20(12-10-19)29-21-13-14-22(25-15-21)23-27-26-17(2)28-23/h5-15H,1-4H3. The first-order valence-corrected chi connectivity index (χ1v) is 9.54. The van der Waals surface area contributed by atoms with Crippen LogP contribution < -0.4 is 4.74 Å². The van der Waals surface area contributed by atoms with E-state index in [1.54, 1.807) is 19.2 Å². The summed E-state index contributed by atoms with van der Waals surface area (Å²) in [6.45, 7) is 8.32. The van der Waals surface area contributed by atoms with Crippen LogP contribution in [0.2, 0.25) is 0 Å². The second kappa shape index (κ2) is 7.51. The molecule has 0 bridgehead atoms. The second-order valence-electron chi connectivity index (χ2n) is 7.62. The van der Waals surface area contributed by atoms with Gasteiger partial charge >= 0.3 is 0 Å². The summed E-state index contributed by atoms with van der Waals surface area (Å²) in [5.74, 6) is 2.32. The quantitative estimate of drug-likeness (QED) is 0.430. The summed E-state index contributed by atoms with van der Waals surface area (Å²) >= 11 is 0. The Labute approximate surface area is 170 Å². The molecule has 0 N–H and O–H groups in total. The van der Waals surface area contributed by atoms with Crippen molar-refractivity contribution in [3.63, 3.8) is 0 Å². The zero-order valence-electron chi connectivity index (χ0n) is 17.0. The van der Waals surface area contributed by atoms with Crippen molar-refractivity contribution in [1.82, 2.24) is 15.2 Å². The van der Waals surface area contributed by atoms with Gasteiger partial charge < -0.3 is 9.15 Å². The number of hydrogen-bond acceptors (Lipinski definition) is 5. The molecule has 4 rings (SSSR count). The molecule has 2 heterocycles. The molecule has 0 fully saturated rings. The van der Waals surface area contributed by atoms with Crippen LogP contribution in [0.3, 0.4) is 0 Å². The predicted octanol–water partition coefficient (Wildman–Crippen LogP) is 5.87. The van der Waals surface area contributed by atoms with E-state index in [2.05, 4.69) is 72.4 Å². The third kappa shape index (κ3) is 4.04. The van der Waals surface area contributed by atoms with Crippen LogP contribution in [0.1, 0.15) is 36.4 Å². The lowest BCUT2D eigenvalue weighted by Gasteiger charge is -2.26. The van der Waals surface area contributed by atoms with Gasteiger partial charge in [0.1, 0.15) is 17.2 Å². The summed E-state index contributed by atoms with van der Waals surface area (Å²) in [6.07, 6.45) is 1.65. The van der Waals surface area contributed by atoms with E-state index in [-0.39, 0.29) is 5.41 Å². The zero-order valence-corrected chi connectivity index (χ0v) is 17.0. The van der Waals surface area contributed by atoms with Gasteiger partial charge in [0.25, 0.3) is 5.89 Å². The summed E-state index contributed by atoms with van der Waals surface area (Å²) in [5, 5.41) is 7.79. The van der Waals surface area contributed by atoms with E-state index >= 15 is 0 Å². The monoisotopic (exact) mass is 385 g/mol. The van der Waals surface area contributed by atoms with Crippen molar-refractivity contribution < 1.29 is 9.15 Å². The molecule has 0 saturated carbocycles. The Morgan fingerprint density at radius 2 is 1.38 bits per heavy atom. The molecule has 0 aliphatic heterocycles. The van der Waals surface area contributed by atoms with Crippen LogP contribution in [0, 0.1) is 13.8 Å². The molecule has 0 spiro atoms. The SMILES string of the molecule is Cc1ccc(C(C)(C)c2ccc(Oc3ccc(-c4nnc(C)o4)nc3)cc2)cc1. The third-order valence-corrected chi connectivity index (χ3v) is 5.07. The van der Waals surface area contributed by atoms with Crippen molar-refractivity contribution in [2.75, 3.05) is 0 Å². The number of aryl methyl sites for hydroxylation is 2. The summed E-state index contributed by atoms with van der Waals surface area (Å²) in [7, 11) is 0. The molecule has 0 aliphatic carbocycles. The highest BCUT2D eigenvalue weighted by Gasteiger charge is 2.22. The molecule has 2 aromatic carbocycles. The Morgan fingerprint density at radius 1 is 0.759 bits per heavy atom. The normalized spacial score (nSPS) is 11.4.